The Bertz CT molecular complexity index is 430. The second kappa shape index (κ2) is 8.72. The van der Waals surface area contributed by atoms with E-state index >= 15 is 0 Å². The van der Waals surface area contributed by atoms with E-state index in [4.69, 9.17) is 10.5 Å². The number of nitrogens with two attached hydrogens (primary N) is 1. The molecule has 0 unspecified atom stereocenters. The van der Waals surface area contributed by atoms with Gasteiger partial charge in [-0.2, -0.15) is 0 Å². The van der Waals surface area contributed by atoms with E-state index in [2.05, 4.69) is 19.2 Å². The van der Waals surface area contributed by atoms with E-state index in [0.717, 1.165) is 38.3 Å². The van der Waals surface area contributed by atoms with Gasteiger partial charge in [0.25, 0.3) is 0 Å². The number of ether oxygens (including phenoxy) is 1. The van der Waals surface area contributed by atoms with Crippen LogP contribution in [0, 0.1) is 12.8 Å². The molecule has 0 aliphatic rings. The zero-order valence-corrected chi connectivity index (χ0v) is 12.7. The first-order valence-corrected chi connectivity index (χ1v) is 7.18. The number of carbonyl (C=O) groups excluding carboxylic acids is 1. The van der Waals surface area contributed by atoms with Gasteiger partial charge in [-0.3, -0.25) is 4.79 Å². The van der Waals surface area contributed by atoms with Crippen LogP contribution in [0.2, 0.25) is 0 Å². The van der Waals surface area contributed by atoms with Gasteiger partial charge in [0.2, 0.25) is 5.91 Å². The first-order valence-electron chi connectivity index (χ1n) is 7.18. The Hall–Kier alpha value is -1.39. The fraction of sp³-hybridized carbons (Fsp3) is 0.562. The van der Waals surface area contributed by atoms with Crippen molar-refractivity contribution in [2.75, 3.05) is 19.8 Å². The number of amides is 1. The Morgan fingerprint density at radius 3 is 2.70 bits per heavy atom. The Kier molecular flexibility index (Phi) is 7.26. The summed E-state index contributed by atoms with van der Waals surface area (Å²) in [7, 11) is 0. The maximum atomic E-state index is 11.1. The lowest BCUT2D eigenvalue weighted by atomic mass is 10.0. The Labute approximate surface area is 121 Å². The molecule has 0 aliphatic heterocycles. The van der Waals surface area contributed by atoms with E-state index in [-0.39, 0.29) is 5.91 Å². The van der Waals surface area contributed by atoms with E-state index in [1.165, 1.54) is 5.56 Å². The number of rotatable bonds is 9. The molecule has 1 rings (SSSR count). The van der Waals surface area contributed by atoms with Gasteiger partial charge in [-0.15, -0.1) is 0 Å². The van der Waals surface area contributed by atoms with Crippen LogP contribution in [0.3, 0.4) is 0 Å². The van der Waals surface area contributed by atoms with Gasteiger partial charge in [0.15, 0.2) is 0 Å². The van der Waals surface area contributed by atoms with Crippen molar-refractivity contribution in [2.45, 2.75) is 33.7 Å². The first-order chi connectivity index (χ1) is 9.50. The van der Waals surface area contributed by atoms with Crippen molar-refractivity contribution in [1.29, 1.82) is 0 Å². The predicted octanol–water partition coefficient (Wildman–Crippen LogP) is 2.25. The molecule has 0 atom stereocenters. The third-order valence-electron chi connectivity index (χ3n) is 3.21. The van der Waals surface area contributed by atoms with Crippen molar-refractivity contribution in [3.8, 4) is 0 Å². The van der Waals surface area contributed by atoms with E-state index in [0.29, 0.717) is 11.5 Å². The number of primary amides is 1. The minimum absolute atomic E-state index is 0.383. The number of aryl methyl sites for hydroxylation is 1. The molecule has 0 spiro atoms. The lowest BCUT2D eigenvalue weighted by molar-refractivity contribution is 0.1000. The zero-order valence-electron chi connectivity index (χ0n) is 12.7. The molecular weight excluding hydrogens is 252 g/mol. The van der Waals surface area contributed by atoms with Crippen molar-refractivity contribution >= 4 is 5.91 Å². The normalized spacial score (nSPS) is 11.0. The largest absolute Gasteiger partial charge is 0.380 e. The van der Waals surface area contributed by atoms with Gasteiger partial charge in [0.1, 0.15) is 0 Å². The highest BCUT2D eigenvalue weighted by atomic mass is 16.5. The van der Waals surface area contributed by atoms with Gasteiger partial charge in [0, 0.05) is 25.3 Å². The molecule has 0 saturated heterocycles. The highest BCUT2D eigenvalue weighted by Gasteiger charge is 2.03. The van der Waals surface area contributed by atoms with Gasteiger partial charge in [-0.05, 0) is 42.5 Å². The number of carbonyl (C=O) groups is 1. The second-order valence-electron chi connectivity index (χ2n) is 5.48. The molecule has 0 radical (unpaired) electrons. The highest BCUT2D eigenvalue weighted by Crippen LogP contribution is 2.10. The van der Waals surface area contributed by atoms with Crippen molar-refractivity contribution in [3.63, 3.8) is 0 Å². The quantitative estimate of drug-likeness (QED) is 0.681. The van der Waals surface area contributed by atoms with Crippen LogP contribution in [0.4, 0.5) is 0 Å². The number of nitrogens with one attached hydrogen (secondary N) is 1. The molecule has 0 saturated carbocycles. The highest BCUT2D eigenvalue weighted by molar-refractivity contribution is 5.93. The lowest BCUT2D eigenvalue weighted by Gasteiger charge is -2.10. The molecule has 0 heterocycles. The average molecular weight is 278 g/mol. The summed E-state index contributed by atoms with van der Waals surface area (Å²) >= 11 is 0. The Morgan fingerprint density at radius 1 is 1.35 bits per heavy atom. The molecule has 112 valence electrons. The molecule has 0 bridgehead atoms. The summed E-state index contributed by atoms with van der Waals surface area (Å²) in [6.07, 6.45) is 1.10. The van der Waals surface area contributed by atoms with E-state index in [1.807, 2.05) is 19.1 Å². The molecule has 4 heteroatoms. The van der Waals surface area contributed by atoms with Crippen LogP contribution in [-0.4, -0.2) is 25.7 Å². The predicted molar refractivity (Wildman–Crippen MR) is 81.7 cm³/mol. The molecule has 1 aromatic rings. The number of hydrogen-bond acceptors (Lipinski definition) is 3. The van der Waals surface area contributed by atoms with Gasteiger partial charge >= 0.3 is 0 Å². The molecular formula is C16H26N2O2. The molecule has 1 aromatic carbocycles. The number of benzene rings is 1. The van der Waals surface area contributed by atoms with Gasteiger partial charge in [0.05, 0.1) is 6.61 Å². The first kappa shape index (κ1) is 16.7. The Morgan fingerprint density at radius 2 is 2.10 bits per heavy atom. The third kappa shape index (κ3) is 6.17. The summed E-state index contributed by atoms with van der Waals surface area (Å²) in [6.45, 7) is 9.53. The minimum atomic E-state index is -0.383. The molecule has 3 N–H and O–H groups in total. The summed E-state index contributed by atoms with van der Waals surface area (Å²) in [5.41, 5.74) is 8.07. The van der Waals surface area contributed by atoms with E-state index in [9.17, 15) is 4.79 Å². The monoisotopic (exact) mass is 278 g/mol. The van der Waals surface area contributed by atoms with Crippen LogP contribution in [0.5, 0.6) is 0 Å². The van der Waals surface area contributed by atoms with Crippen LogP contribution in [0.1, 0.15) is 41.8 Å². The summed E-state index contributed by atoms with van der Waals surface area (Å²) in [6, 6.07) is 5.55. The summed E-state index contributed by atoms with van der Waals surface area (Å²) < 4.78 is 5.54. The zero-order chi connectivity index (χ0) is 15.0. The van der Waals surface area contributed by atoms with Gasteiger partial charge in [-0.1, -0.05) is 19.9 Å². The molecule has 0 aromatic heterocycles. The van der Waals surface area contributed by atoms with Crippen molar-refractivity contribution < 1.29 is 9.53 Å². The van der Waals surface area contributed by atoms with Gasteiger partial charge < -0.3 is 15.8 Å². The van der Waals surface area contributed by atoms with E-state index in [1.54, 1.807) is 6.07 Å². The Balaban J connectivity index is 2.24. The van der Waals surface area contributed by atoms with Crippen LogP contribution in [-0.2, 0) is 11.3 Å². The maximum absolute atomic E-state index is 11.1. The van der Waals surface area contributed by atoms with Crippen LogP contribution in [0.15, 0.2) is 18.2 Å². The average Bonchev–Trinajstić information content (AvgIpc) is 2.38. The van der Waals surface area contributed by atoms with Crippen molar-refractivity contribution in [2.24, 2.45) is 11.7 Å². The maximum Gasteiger partial charge on any atom is 0.248 e. The van der Waals surface area contributed by atoms with Crippen molar-refractivity contribution in [3.05, 3.63) is 34.9 Å². The second-order valence-corrected chi connectivity index (χ2v) is 5.48. The van der Waals surface area contributed by atoms with Crippen LogP contribution in [0.25, 0.3) is 0 Å². The SMILES string of the molecule is Cc1cc(C(N)=O)ccc1CNCCOCCC(C)C. The van der Waals surface area contributed by atoms with Crippen LogP contribution < -0.4 is 11.1 Å². The molecule has 0 fully saturated rings. The molecule has 4 nitrogen and oxygen atoms in total. The minimum Gasteiger partial charge on any atom is -0.380 e. The fourth-order valence-electron chi connectivity index (χ4n) is 1.84. The van der Waals surface area contributed by atoms with Gasteiger partial charge in [-0.25, -0.2) is 0 Å². The smallest absolute Gasteiger partial charge is 0.248 e. The molecule has 1 amide bonds. The fourth-order valence-corrected chi connectivity index (χ4v) is 1.84. The summed E-state index contributed by atoms with van der Waals surface area (Å²) in [4.78, 5) is 11.1. The van der Waals surface area contributed by atoms with Crippen LogP contribution >= 0.6 is 0 Å². The standard InChI is InChI=1S/C16H26N2O2/c1-12(2)6-8-20-9-7-18-11-15-5-4-14(16(17)19)10-13(15)3/h4-5,10,12,18H,6-9,11H2,1-3H3,(H2,17,19). The third-order valence-corrected chi connectivity index (χ3v) is 3.21. The topological polar surface area (TPSA) is 64.4 Å². The molecule has 0 aliphatic carbocycles. The summed E-state index contributed by atoms with van der Waals surface area (Å²) in [5, 5.41) is 3.34. The van der Waals surface area contributed by atoms with Crippen molar-refractivity contribution in [1.82, 2.24) is 5.32 Å². The summed E-state index contributed by atoms with van der Waals surface area (Å²) in [5.74, 6) is 0.306. The van der Waals surface area contributed by atoms with E-state index < -0.39 is 0 Å². The number of hydrogen-bond donors (Lipinski definition) is 2. The molecule has 20 heavy (non-hydrogen) atoms. The lowest BCUT2D eigenvalue weighted by Crippen LogP contribution is -2.20.